The van der Waals surface area contributed by atoms with Crippen molar-refractivity contribution in [1.82, 2.24) is 9.97 Å². The molecule has 0 aliphatic carbocycles. The van der Waals surface area contributed by atoms with E-state index in [0.29, 0.717) is 10.9 Å². The number of halogens is 2. The molecule has 0 radical (unpaired) electrons. The zero-order valence-electron chi connectivity index (χ0n) is 18.2. The average molecular weight is 535 g/mol. The highest BCUT2D eigenvalue weighted by atomic mass is 35.5. The number of pyridine rings is 2. The van der Waals surface area contributed by atoms with Crippen LogP contribution in [0.4, 0.5) is 0 Å². The number of ether oxygens (including phenoxy) is 2. The van der Waals surface area contributed by atoms with Gasteiger partial charge in [-0.25, -0.2) is 18.4 Å². The van der Waals surface area contributed by atoms with Crippen LogP contribution in [0.1, 0.15) is 0 Å². The van der Waals surface area contributed by atoms with Gasteiger partial charge in [-0.2, -0.15) is 0 Å². The largest absolute Gasteiger partial charge is 0.497 e. The lowest BCUT2D eigenvalue weighted by molar-refractivity contribution is 0.414. The molecule has 176 valence electrons. The standard InChI is InChI=1S/C12H10ClNO3S.C12H10ClNOS/c1-17-9-5-7-10(8-6-9)18(15,16)12-4-2-3-11(13)14-12;1-15-9-5-7-10(8-6-9)16-12-4-2-3-11(13)14-12/h2-8H,1H3;2-8H,1H3. The van der Waals surface area contributed by atoms with Gasteiger partial charge in [0.05, 0.1) is 19.1 Å². The second-order valence-electron chi connectivity index (χ2n) is 6.55. The quantitative estimate of drug-likeness (QED) is 0.262. The molecule has 10 heteroatoms. The van der Waals surface area contributed by atoms with E-state index in [1.54, 1.807) is 43.1 Å². The highest BCUT2D eigenvalue weighted by Gasteiger charge is 2.19. The molecule has 4 rings (SSSR count). The lowest BCUT2D eigenvalue weighted by atomic mass is 10.3. The molecule has 0 aliphatic heterocycles. The van der Waals surface area contributed by atoms with Crippen LogP contribution in [0.2, 0.25) is 10.3 Å². The SMILES string of the molecule is COc1ccc(S(=O)(=O)c2cccc(Cl)n2)cc1.COc1ccc(Sc2cccc(Cl)n2)cc1. The first-order valence-electron chi connectivity index (χ1n) is 9.78. The van der Waals surface area contributed by atoms with Crippen molar-refractivity contribution in [3.8, 4) is 11.5 Å². The van der Waals surface area contributed by atoms with Crippen LogP contribution in [0.5, 0.6) is 11.5 Å². The molecule has 0 aliphatic rings. The molecular weight excluding hydrogens is 515 g/mol. The Morgan fingerprint density at radius 1 is 0.706 bits per heavy atom. The number of aromatic nitrogens is 2. The molecule has 0 N–H and O–H groups in total. The van der Waals surface area contributed by atoms with Crippen LogP contribution >= 0.6 is 35.0 Å². The van der Waals surface area contributed by atoms with Crippen LogP contribution in [-0.4, -0.2) is 32.6 Å². The molecule has 0 fully saturated rings. The Labute approximate surface area is 212 Å². The normalized spacial score (nSPS) is 10.7. The van der Waals surface area contributed by atoms with E-state index in [4.69, 9.17) is 32.7 Å². The minimum atomic E-state index is -3.64. The molecule has 6 nitrogen and oxygen atoms in total. The minimum absolute atomic E-state index is 0.0693. The lowest BCUT2D eigenvalue weighted by Gasteiger charge is -2.05. The number of benzene rings is 2. The topological polar surface area (TPSA) is 78.4 Å². The lowest BCUT2D eigenvalue weighted by Crippen LogP contribution is -2.04. The first-order valence-corrected chi connectivity index (χ1v) is 12.8. The summed E-state index contributed by atoms with van der Waals surface area (Å²) in [5.41, 5.74) is 0. The van der Waals surface area contributed by atoms with Gasteiger partial charge in [-0.15, -0.1) is 0 Å². The maximum atomic E-state index is 12.2. The average Bonchev–Trinajstić information content (AvgIpc) is 2.85. The van der Waals surface area contributed by atoms with Gasteiger partial charge in [0.25, 0.3) is 0 Å². The van der Waals surface area contributed by atoms with Crippen LogP contribution in [0.15, 0.2) is 105 Å². The van der Waals surface area contributed by atoms with E-state index in [9.17, 15) is 8.42 Å². The maximum Gasteiger partial charge on any atom is 0.223 e. The van der Waals surface area contributed by atoms with E-state index in [0.717, 1.165) is 15.7 Å². The first kappa shape index (κ1) is 25.8. The molecule has 0 bridgehead atoms. The number of hydrogen-bond acceptors (Lipinski definition) is 7. The maximum absolute atomic E-state index is 12.2. The predicted octanol–water partition coefficient (Wildman–Crippen LogP) is 6.47. The van der Waals surface area contributed by atoms with Crippen molar-refractivity contribution < 1.29 is 17.9 Å². The fraction of sp³-hybridized carbons (Fsp3) is 0.0833. The van der Waals surface area contributed by atoms with Crippen LogP contribution in [0, 0.1) is 0 Å². The number of hydrogen-bond donors (Lipinski definition) is 0. The Morgan fingerprint density at radius 2 is 1.24 bits per heavy atom. The smallest absolute Gasteiger partial charge is 0.223 e. The highest BCUT2D eigenvalue weighted by molar-refractivity contribution is 7.99. The molecule has 0 atom stereocenters. The molecule has 2 aromatic carbocycles. The van der Waals surface area contributed by atoms with Crippen molar-refractivity contribution in [3.63, 3.8) is 0 Å². The molecule has 0 amide bonds. The summed E-state index contributed by atoms with van der Waals surface area (Å²) >= 11 is 13.1. The second kappa shape index (κ2) is 12.1. The third-order valence-corrected chi connectivity index (χ3v) is 7.34. The van der Waals surface area contributed by atoms with Gasteiger partial charge in [-0.1, -0.05) is 47.1 Å². The Kier molecular flexibility index (Phi) is 9.18. The van der Waals surface area contributed by atoms with Gasteiger partial charge >= 0.3 is 0 Å². The van der Waals surface area contributed by atoms with Gasteiger partial charge in [0.1, 0.15) is 26.8 Å². The van der Waals surface area contributed by atoms with Gasteiger partial charge in [0.2, 0.25) is 9.84 Å². The van der Waals surface area contributed by atoms with Crippen molar-refractivity contribution in [2.24, 2.45) is 0 Å². The number of sulfone groups is 1. The molecular formula is C24H20Cl2N2O4S2. The fourth-order valence-corrected chi connectivity index (χ4v) is 5.07. The molecule has 0 saturated heterocycles. The summed E-state index contributed by atoms with van der Waals surface area (Å²) in [6.45, 7) is 0. The van der Waals surface area contributed by atoms with Gasteiger partial charge in [0, 0.05) is 4.90 Å². The van der Waals surface area contributed by atoms with E-state index in [2.05, 4.69) is 9.97 Å². The monoisotopic (exact) mass is 534 g/mol. The van der Waals surface area contributed by atoms with E-state index in [-0.39, 0.29) is 15.1 Å². The molecule has 0 spiro atoms. The Hall–Kier alpha value is -2.78. The van der Waals surface area contributed by atoms with Gasteiger partial charge in [0.15, 0.2) is 5.03 Å². The van der Waals surface area contributed by atoms with Crippen LogP contribution < -0.4 is 9.47 Å². The van der Waals surface area contributed by atoms with Crippen LogP contribution in [0.25, 0.3) is 0 Å². The fourth-order valence-electron chi connectivity index (χ4n) is 2.63. The molecule has 34 heavy (non-hydrogen) atoms. The van der Waals surface area contributed by atoms with Crippen molar-refractivity contribution >= 4 is 44.8 Å². The van der Waals surface area contributed by atoms with Crippen molar-refractivity contribution in [2.45, 2.75) is 19.8 Å². The number of nitrogens with zero attached hydrogens (tertiary/aromatic N) is 2. The minimum Gasteiger partial charge on any atom is -0.497 e. The summed E-state index contributed by atoms with van der Waals surface area (Å²) < 4.78 is 34.5. The van der Waals surface area contributed by atoms with Gasteiger partial charge < -0.3 is 9.47 Å². The van der Waals surface area contributed by atoms with E-state index < -0.39 is 9.84 Å². The third-order valence-electron chi connectivity index (χ3n) is 4.31. The molecule has 2 heterocycles. The zero-order valence-corrected chi connectivity index (χ0v) is 21.3. The second-order valence-corrected chi connectivity index (χ2v) is 10.3. The van der Waals surface area contributed by atoms with Gasteiger partial charge in [-0.3, -0.25) is 0 Å². The van der Waals surface area contributed by atoms with E-state index in [1.165, 1.54) is 31.4 Å². The van der Waals surface area contributed by atoms with Gasteiger partial charge in [-0.05, 0) is 72.8 Å². The van der Waals surface area contributed by atoms with E-state index in [1.807, 2.05) is 36.4 Å². The summed E-state index contributed by atoms with van der Waals surface area (Å²) in [4.78, 5) is 9.28. The number of rotatable bonds is 6. The van der Waals surface area contributed by atoms with E-state index >= 15 is 0 Å². The molecule has 0 saturated carbocycles. The molecule has 0 unspecified atom stereocenters. The van der Waals surface area contributed by atoms with Crippen molar-refractivity contribution in [3.05, 3.63) is 95.2 Å². The first-order chi connectivity index (χ1) is 16.3. The third kappa shape index (κ3) is 7.11. The van der Waals surface area contributed by atoms with Crippen molar-refractivity contribution in [2.75, 3.05) is 14.2 Å². The predicted molar refractivity (Wildman–Crippen MR) is 134 cm³/mol. The summed E-state index contributed by atoms with van der Waals surface area (Å²) in [7, 11) is -0.468. The highest BCUT2D eigenvalue weighted by Crippen LogP contribution is 2.28. The number of methoxy groups -OCH3 is 2. The zero-order chi connectivity index (χ0) is 24.6. The molecule has 2 aromatic heterocycles. The Bertz CT molecular complexity index is 1330. The van der Waals surface area contributed by atoms with Crippen LogP contribution in [0.3, 0.4) is 0 Å². The van der Waals surface area contributed by atoms with Crippen molar-refractivity contribution in [1.29, 1.82) is 0 Å². The van der Waals surface area contributed by atoms with Crippen LogP contribution in [-0.2, 0) is 9.84 Å². The summed E-state index contributed by atoms with van der Waals surface area (Å²) in [5.74, 6) is 1.44. The Balaban J connectivity index is 0.000000192. The summed E-state index contributed by atoms with van der Waals surface area (Å²) in [5, 5.41) is 1.47. The molecule has 4 aromatic rings. The Morgan fingerprint density at radius 3 is 1.76 bits per heavy atom. The summed E-state index contributed by atoms with van der Waals surface area (Å²) in [6, 6.07) is 24.0. The summed E-state index contributed by atoms with van der Waals surface area (Å²) in [6.07, 6.45) is 0.